The average molecular weight is 224 g/mol. The summed E-state index contributed by atoms with van der Waals surface area (Å²) >= 11 is 5.67. The number of rotatable bonds is 0. The van der Waals surface area contributed by atoms with Gasteiger partial charge in [0.1, 0.15) is 0 Å². The second-order valence-corrected chi connectivity index (χ2v) is 5.59. The van der Waals surface area contributed by atoms with E-state index in [1.54, 1.807) is 0 Å². The lowest BCUT2D eigenvalue weighted by molar-refractivity contribution is 1.47. The van der Waals surface area contributed by atoms with Gasteiger partial charge in [-0.05, 0) is 43.8 Å². The fourth-order valence-electron chi connectivity index (χ4n) is 1.61. The van der Waals surface area contributed by atoms with Crippen LogP contribution in [0.1, 0.15) is 11.1 Å². The first-order valence-electron chi connectivity index (χ1n) is 4.13. The van der Waals surface area contributed by atoms with Crippen LogP contribution in [-0.2, 0) is 11.5 Å². The molecule has 3 heterocycles. The molecule has 0 aliphatic carbocycles. The number of hydrogen-bond acceptors (Lipinski definition) is 3. The molecule has 0 fully saturated rings. The van der Waals surface area contributed by atoms with Crippen molar-refractivity contribution in [3.63, 3.8) is 0 Å². The largest absolute Gasteiger partial charge is 0.152 e. The van der Waals surface area contributed by atoms with Crippen LogP contribution in [0.3, 0.4) is 0 Å². The fourth-order valence-corrected chi connectivity index (χ4v) is 4.56. The number of thiophene rings is 2. The molecule has 3 heteroatoms. The molecule has 0 aromatic carbocycles. The Bertz CT molecular complexity index is 385. The van der Waals surface area contributed by atoms with Crippen LogP contribution >= 0.6 is 34.4 Å². The lowest BCUT2D eigenvalue weighted by Gasteiger charge is -1.96. The molecule has 2 aromatic rings. The van der Waals surface area contributed by atoms with Crippen molar-refractivity contribution in [3.05, 3.63) is 32.6 Å². The third-order valence-electron chi connectivity index (χ3n) is 2.29. The van der Waals surface area contributed by atoms with Crippen LogP contribution in [0, 0.1) is 0 Å². The quantitative estimate of drug-likeness (QED) is 0.645. The van der Waals surface area contributed by atoms with Gasteiger partial charge >= 0.3 is 0 Å². The van der Waals surface area contributed by atoms with Crippen molar-refractivity contribution in [2.45, 2.75) is 11.5 Å². The summed E-state index contributed by atoms with van der Waals surface area (Å²) in [6, 6.07) is 0. The predicted octanol–water partition coefficient (Wildman–Crippen LogP) is 4.22. The van der Waals surface area contributed by atoms with Crippen LogP contribution in [0.25, 0.3) is 11.1 Å². The Balaban J connectivity index is 2.27. The third kappa shape index (κ3) is 1.26. The Morgan fingerprint density at radius 1 is 0.769 bits per heavy atom. The van der Waals surface area contributed by atoms with Gasteiger partial charge in [-0.1, -0.05) is 0 Å². The van der Waals surface area contributed by atoms with Crippen molar-refractivity contribution < 1.29 is 0 Å². The van der Waals surface area contributed by atoms with Gasteiger partial charge in [0.25, 0.3) is 0 Å². The van der Waals surface area contributed by atoms with E-state index in [-0.39, 0.29) is 0 Å². The highest BCUT2D eigenvalue weighted by atomic mass is 32.2. The van der Waals surface area contributed by atoms with Crippen LogP contribution in [0.5, 0.6) is 0 Å². The molecular formula is C10H8S3. The van der Waals surface area contributed by atoms with Crippen molar-refractivity contribution in [2.75, 3.05) is 0 Å². The molecule has 0 radical (unpaired) electrons. The maximum atomic E-state index is 2.29. The SMILES string of the molecule is c1scc2c1CSCc1cscc1-2. The molecule has 0 N–H and O–H groups in total. The Morgan fingerprint density at radius 3 is 1.85 bits per heavy atom. The number of hydrogen-bond donors (Lipinski definition) is 0. The van der Waals surface area contributed by atoms with Crippen molar-refractivity contribution in [1.82, 2.24) is 0 Å². The molecule has 0 saturated carbocycles. The number of fused-ring (bicyclic) bond motifs is 3. The van der Waals surface area contributed by atoms with Crippen molar-refractivity contribution in [1.29, 1.82) is 0 Å². The van der Waals surface area contributed by atoms with E-state index in [0.29, 0.717) is 0 Å². The highest BCUT2D eigenvalue weighted by Gasteiger charge is 2.15. The molecule has 13 heavy (non-hydrogen) atoms. The Kier molecular flexibility index (Phi) is 1.96. The van der Waals surface area contributed by atoms with Crippen molar-refractivity contribution in [3.8, 4) is 11.1 Å². The zero-order chi connectivity index (χ0) is 8.67. The van der Waals surface area contributed by atoms with E-state index in [0.717, 1.165) is 0 Å². The molecule has 0 saturated heterocycles. The summed E-state index contributed by atoms with van der Waals surface area (Å²) in [5.74, 6) is 2.36. The van der Waals surface area contributed by atoms with Crippen molar-refractivity contribution in [2.24, 2.45) is 0 Å². The lowest BCUT2D eigenvalue weighted by atomic mass is 10.1. The van der Waals surface area contributed by atoms with Gasteiger partial charge in [0, 0.05) is 11.5 Å². The lowest BCUT2D eigenvalue weighted by Crippen LogP contribution is -1.76. The molecule has 0 nitrogen and oxygen atoms in total. The monoisotopic (exact) mass is 224 g/mol. The first-order valence-corrected chi connectivity index (χ1v) is 7.17. The summed E-state index contributed by atoms with van der Waals surface area (Å²) in [6.45, 7) is 0. The Labute approximate surface area is 89.6 Å². The molecule has 0 spiro atoms. The normalized spacial score (nSPS) is 14.8. The summed E-state index contributed by atoms with van der Waals surface area (Å²) in [4.78, 5) is 0. The van der Waals surface area contributed by atoms with E-state index in [1.807, 2.05) is 34.4 Å². The van der Waals surface area contributed by atoms with Gasteiger partial charge in [-0.2, -0.15) is 34.4 Å². The predicted molar refractivity (Wildman–Crippen MR) is 62.6 cm³/mol. The van der Waals surface area contributed by atoms with Gasteiger partial charge in [0.05, 0.1) is 0 Å². The average Bonchev–Trinajstić information content (AvgIpc) is 2.72. The van der Waals surface area contributed by atoms with Gasteiger partial charge < -0.3 is 0 Å². The van der Waals surface area contributed by atoms with E-state index in [4.69, 9.17) is 0 Å². The number of thioether (sulfide) groups is 1. The molecule has 2 aromatic heterocycles. The van der Waals surface area contributed by atoms with E-state index >= 15 is 0 Å². The van der Waals surface area contributed by atoms with Gasteiger partial charge in [-0.3, -0.25) is 0 Å². The zero-order valence-corrected chi connectivity index (χ0v) is 9.40. The Morgan fingerprint density at radius 2 is 1.31 bits per heavy atom. The minimum atomic E-state index is 1.18. The third-order valence-corrected chi connectivity index (χ3v) is 4.90. The highest BCUT2D eigenvalue weighted by molar-refractivity contribution is 7.97. The van der Waals surface area contributed by atoms with Gasteiger partial charge in [0.2, 0.25) is 0 Å². The van der Waals surface area contributed by atoms with E-state index in [1.165, 1.54) is 33.8 Å². The Hall–Kier alpha value is -0.250. The molecule has 0 unspecified atom stereocenters. The van der Waals surface area contributed by atoms with Crippen LogP contribution in [-0.4, -0.2) is 0 Å². The van der Waals surface area contributed by atoms with Gasteiger partial charge in [0.15, 0.2) is 0 Å². The topological polar surface area (TPSA) is 0 Å². The molecule has 0 amide bonds. The molecule has 0 bridgehead atoms. The molecule has 66 valence electrons. The first-order chi connectivity index (χ1) is 6.45. The minimum Gasteiger partial charge on any atom is -0.152 e. The summed E-state index contributed by atoms with van der Waals surface area (Å²) in [5, 5.41) is 9.14. The highest BCUT2D eigenvalue weighted by Crippen LogP contribution is 2.39. The van der Waals surface area contributed by atoms with Crippen LogP contribution in [0.4, 0.5) is 0 Å². The molecule has 0 atom stereocenters. The molecule has 3 rings (SSSR count). The maximum Gasteiger partial charge on any atom is 0.0202 e. The summed E-state index contributed by atoms with van der Waals surface area (Å²) in [7, 11) is 0. The molecular weight excluding hydrogens is 216 g/mol. The smallest absolute Gasteiger partial charge is 0.0202 e. The summed E-state index contributed by atoms with van der Waals surface area (Å²) in [5.41, 5.74) is 6.00. The van der Waals surface area contributed by atoms with Gasteiger partial charge in [-0.15, -0.1) is 0 Å². The van der Waals surface area contributed by atoms with Crippen LogP contribution in [0.2, 0.25) is 0 Å². The van der Waals surface area contributed by atoms with E-state index in [2.05, 4.69) is 21.5 Å². The second kappa shape index (κ2) is 3.15. The molecule has 1 aliphatic rings. The standard InChI is InChI=1S/C10H8S3/c1-7-3-12-5-9(7)10-6-13-4-8(10)2-11-1/h3-6H,1-2H2. The van der Waals surface area contributed by atoms with E-state index < -0.39 is 0 Å². The van der Waals surface area contributed by atoms with E-state index in [9.17, 15) is 0 Å². The van der Waals surface area contributed by atoms with Gasteiger partial charge in [-0.25, -0.2) is 0 Å². The fraction of sp³-hybridized carbons (Fsp3) is 0.200. The summed E-state index contributed by atoms with van der Waals surface area (Å²) in [6.07, 6.45) is 0. The van der Waals surface area contributed by atoms with Crippen molar-refractivity contribution >= 4 is 34.4 Å². The molecule has 1 aliphatic heterocycles. The zero-order valence-electron chi connectivity index (χ0n) is 6.95. The minimum absolute atomic E-state index is 1.18. The first kappa shape index (κ1) is 8.09. The second-order valence-electron chi connectivity index (χ2n) is 3.11. The van der Waals surface area contributed by atoms with Crippen LogP contribution in [0.15, 0.2) is 21.5 Å². The maximum absolute atomic E-state index is 2.29. The summed E-state index contributed by atoms with van der Waals surface area (Å²) < 4.78 is 0. The van der Waals surface area contributed by atoms with Crippen LogP contribution < -0.4 is 0 Å².